The van der Waals surface area contributed by atoms with E-state index in [9.17, 15) is 4.79 Å². The lowest BCUT2D eigenvalue weighted by Gasteiger charge is -2.34. The van der Waals surface area contributed by atoms with Gasteiger partial charge in [0.25, 0.3) is 0 Å². The molecular weight excluding hydrogens is 264 g/mol. The van der Waals surface area contributed by atoms with Gasteiger partial charge < -0.3 is 15.0 Å². The van der Waals surface area contributed by atoms with Crippen LogP contribution >= 0.6 is 0 Å². The first-order valence-corrected chi connectivity index (χ1v) is 8.63. The Morgan fingerprint density at radius 1 is 1.19 bits per heavy atom. The molecule has 0 spiro atoms. The molecule has 1 heterocycles. The van der Waals surface area contributed by atoms with Crippen LogP contribution in [0.25, 0.3) is 0 Å². The maximum absolute atomic E-state index is 12.1. The summed E-state index contributed by atoms with van der Waals surface area (Å²) >= 11 is 0. The second-order valence-electron chi connectivity index (χ2n) is 7.72. The molecule has 0 aromatic carbocycles. The van der Waals surface area contributed by atoms with Gasteiger partial charge >= 0.3 is 6.09 Å². The van der Waals surface area contributed by atoms with E-state index in [2.05, 4.69) is 5.32 Å². The van der Waals surface area contributed by atoms with Crippen molar-refractivity contribution >= 4 is 6.09 Å². The van der Waals surface area contributed by atoms with Gasteiger partial charge in [-0.3, -0.25) is 0 Å². The van der Waals surface area contributed by atoms with Gasteiger partial charge in [0.1, 0.15) is 5.60 Å². The fourth-order valence-electron chi connectivity index (χ4n) is 3.10. The van der Waals surface area contributed by atoms with Gasteiger partial charge in [-0.05, 0) is 77.8 Å². The third-order valence-electron chi connectivity index (χ3n) is 4.56. The second-order valence-corrected chi connectivity index (χ2v) is 7.72. The molecule has 21 heavy (non-hydrogen) atoms. The predicted octanol–water partition coefficient (Wildman–Crippen LogP) is 3.41. The summed E-state index contributed by atoms with van der Waals surface area (Å²) < 4.78 is 5.48. The number of nitrogens with one attached hydrogen (secondary N) is 1. The molecule has 1 atom stereocenters. The molecule has 0 aromatic rings. The molecule has 2 rings (SSSR count). The smallest absolute Gasteiger partial charge is 0.410 e. The lowest BCUT2D eigenvalue weighted by Crippen LogP contribution is -2.43. The van der Waals surface area contributed by atoms with Crippen LogP contribution in [0.1, 0.15) is 59.3 Å². The van der Waals surface area contributed by atoms with Crippen LogP contribution in [0.15, 0.2) is 0 Å². The number of likely N-dealkylation sites (tertiary alicyclic amines) is 1. The molecule has 122 valence electrons. The number of amides is 1. The molecular formula is C17H32N2O2. The maximum Gasteiger partial charge on any atom is 0.410 e. The van der Waals surface area contributed by atoms with Crippen LogP contribution in [0.5, 0.6) is 0 Å². The lowest BCUT2D eigenvalue weighted by molar-refractivity contribution is 0.0162. The van der Waals surface area contributed by atoms with Crippen LogP contribution < -0.4 is 5.32 Å². The molecule has 1 saturated heterocycles. The summed E-state index contributed by atoms with van der Waals surface area (Å²) in [5, 5.41) is 3.58. The molecule has 1 unspecified atom stereocenters. The first kappa shape index (κ1) is 16.6. The van der Waals surface area contributed by atoms with Gasteiger partial charge in [-0.1, -0.05) is 6.42 Å². The van der Waals surface area contributed by atoms with Crippen molar-refractivity contribution in [1.82, 2.24) is 10.2 Å². The van der Waals surface area contributed by atoms with E-state index in [0.29, 0.717) is 5.92 Å². The van der Waals surface area contributed by atoms with E-state index in [-0.39, 0.29) is 6.09 Å². The summed E-state index contributed by atoms with van der Waals surface area (Å²) in [4.78, 5) is 14.0. The second kappa shape index (κ2) is 7.48. The van der Waals surface area contributed by atoms with E-state index in [1.54, 1.807) is 0 Å². The van der Waals surface area contributed by atoms with Gasteiger partial charge in [0, 0.05) is 13.1 Å². The molecule has 0 bridgehead atoms. The standard InChI is InChI=1S/C17H32N2O2/c1-17(2,3)21-16(20)19-11-5-8-15(13-19)9-10-18-12-14-6-4-7-14/h14-15,18H,4-13H2,1-3H3. The Hall–Kier alpha value is -0.770. The van der Waals surface area contributed by atoms with Crippen LogP contribution in [0.3, 0.4) is 0 Å². The summed E-state index contributed by atoms with van der Waals surface area (Å²) in [5.74, 6) is 1.55. The van der Waals surface area contributed by atoms with E-state index < -0.39 is 5.60 Å². The first-order chi connectivity index (χ1) is 9.94. The minimum Gasteiger partial charge on any atom is -0.444 e. The molecule has 0 aromatic heterocycles. The van der Waals surface area contributed by atoms with Crippen LogP contribution in [-0.2, 0) is 4.74 Å². The lowest BCUT2D eigenvalue weighted by atomic mass is 9.85. The van der Waals surface area contributed by atoms with E-state index in [1.807, 2.05) is 25.7 Å². The van der Waals surface area contributed by atoms with Gasteiger partial charge in [-0.15, -0.1) is 0 Å². The Morgan fingerprint density at radius 2 is 1.90 bits per heavy atom. The van der Waals surface area contributed by atoms with Crippen molar-refractivity contribution in [1.29, 1.82) is 0 Å². The minimum atomic E-state index is -0.394. The molecule has 2 aliphatic rings. The number of carbonyl (C=O) groups is 1. The van der Waals surface area contributed by atoms with Crippen molar-refractivity contribution in [3.63, 3.8) is 0 Å². The fourth-order valence-corrected chi connectivity index (χ4v) is 3.10. The van der Waals surface area contributed by atoms with E-state index >= 15 is 0 Å². The zero-order valence-electron chi connectivity index (χ0n) is 14.0. The number of rotatable bonds is 5. The number of carbonyl (C=O) groups excluding carboxylic acids is 1. The zero-order chi connectivity index (χ0) is 15.3. The third kappa shape index (κ3) is 5.85. The highest BCUT2D eigenvalue weighted by molar-refractivity contribution is 5.68. The van der Waals surface area contributed by atoms with E-state index in [4.69, 9.17) is 4.74 Å². The highest BCUT2D eigenvalue weighted by Crippen LogP contribution is 2.25. The molecule has 1 N–H and O–H groups in total. The van der Waals surface area contributed by atoms with Crippen molar-refractivity contribution in [2.45, 2.75) is 64.9 Å². The summed E-state index contributed by atoms with van der Waals surface area (Å²) in [5.41, 5.74) is -0.394. The zero-order valence-corrected chi connectivity index (χ0v) is 14.0. The van der Waals surface area contributed by atoms with Crippen molar-refractivity contribution in [2.75, 3.05) is 26.2 Å². The van der Waals surface area contributed by atoms with Crippen molar-refractivity contribution < 1.29 is 9.53 Å². The highest BCUT2D eigenvalue weighted by Gasteiger charge is 2.27. The van der Waals surface area contributed by atoms with E-state index in [0.717, 1.165) is 32.0 Å². The molecule has 4 heteroatoms. The molecule has 1 aliphatic carbocycles. The van der Waals surface area contributed by atoms with Crippen molar-refractivity contribution in [3.05, 3.63) is 0 Å². The van der Waals surface area contributed by atoms with Crippen LogP contribution in [0.2, 0.25) is 0 Å². The predicted molar refractivity (Wildman–Crippen MR) is 85.4 cm³/mol. The molecule has 2 fully saturated rings. The monoisotopic (exact) mass is 296 g/mol. The Morgan fingerprint density at radius 3 is 2.52 bits per heavy atom. The number of hydrogen-bond donors (Lipinski definition) is 1. The van der Waals surface area contributed by atoms with Gasteiger partial charge in [-0.25, -0.2) is 4.79 Å². The Kier molecular flexibility index (Phi) is 5.91. The molecule has 4 nitrogen and oxygen atoms in total. The van der Waals surface area contributed by atoms with Crippen LogP contribution in [-0.4, -0.2) is 42.8 Å². The largest absolute Gasteiger partial charge is 0.444 e. The number of ether oxygens (including phenoxy) is 1. The first-order valence-electron chi connectivity index (χ1n) is 8.63. The quantitative estimate of drug-likeness (QED) is 0.790. The van der Waals surface area contributed by atoms with Gasteiger partial charge in [0.15, 0.2) is 0 Å². The number of hydrogen-bond acceptors (Lipinski definition) is 3. The Bertz CT molecular complexity index is 334. The van der Waals surface area contributed by atoms with Crippen LogP contribution in [0.4, 0.5) is 4.79 Å². The molecule has 0 radical (unpaired) electrons. The van der Waals surface area contributed by atoms with Crippen molar-refractivity contribution in [2.24, 2.45) is 11.8 Å². The summed E-state index contributed by atoms with van der Waals surface area (Å²) in [6.07, 6.45) is 7.60. The third-order valence-corrected chi connectivity index (χ3v) is 4.56. The highest BCUT2D eigenvalue weighted by atomic mass is 16.6. The fraction of sp³-hybridized carbons (Fsp3) is 0.941. The molecule has 1 amide bonds. The van der Waals surface area contributed by atoms with Gasteiger partial charge in [0.05, 0.1) is 0 Å². The Labute approximate surface area is 129 Å². The number of piperidine rings is 1. The maximum atomic E-state index is 12.1. The SMILES string of the molecule is CC(C)(C)OC(=O)N1CCCC(CCNCC2CCC2)C1. The molecule has 1 aliphatic heterocycles. The normalized spacial score (nSPS) is 23.8. The topological polar surface area (TPSA) is 41.6 Å². The summed E-state index contributed by atoms with van der Waals surface area (Å²) in [6, 6.07) is 0. The summed E-state index contributed by atoms with van der Waals surface area (Å²) in [6.45, 7) is 9.76. The van der Waals surface area contributed by atoms with E-state index in [1.165, 1.54) is 38.6 Å². The average molecular weight is 296 g/mol. The number of nitrogens with zero attached hydrogens (tertiary/aromatic N) is 1. The van der Waals surface area contributed by atoms with Crippen molar-refractivity contribution in [3.8, 4) is 0 Å². The molecule has 1 saturated carbocycles. The minimum absolute atomic E-state index is 0.144. The average Bonchev–Trinajstić information content (AvgIpc) is 2.35. The summed E-state index contributed by atoms with van der Waals surface area (Å²) in [7, 11) is 0. The van der Waals surface area contributed by atoms with Crippen LogP contribution in [0, 0.1) is 11.8 Å². The van der Waals surface area contributed by atoms with Gasteiger partial charge in [0.2, 0.25) is 0 Å². The van der Waals surface area contributed by atoms with Gasteiger partial charge in [-0.2, -0.15) is 0 Å². The Balaban J connectivity index is 1.64.